The maximum absolute atomic E-state index is 9.43. The molecule has 13 heavy (non-hydrogen) atoms. The van der Waals surface area contributed by atoms with Crippen LogP contribution in [0.2, 0.25) is 0 Å². The van der Waals surface area contributed by atoms with Crippen LogP contribution in [0.5, 0.6) is 0 Å². The van der Waals surface area contributed by atoms with Gasteiger partial charge in [0.2, 0.25) is 0 Å². The summed E-state index contributed by atoms with van der Waals surface area (Å²) in [6.45, 7) is 2.49. The van der Waals surface area contributed by atoms with Crippen molar-refractivity contribution in [3.8, 4) is 0 Å². The summed E-state index contributed by atoms with van der Waals surface area (Å²) in [7, 11) is 0. The van der Waals surface area contributed by atoms with Gasteiger partial charge in [0.1, 0.15) is 0 Å². The Kier molecular flexibility index (Phi) is 2.34. The minimum Gasteiger partial charge on any atom is -0.393 e. The molecular weight excluding hydrogens is 166 g/mol. The zero-order valence-corrected chi connectivity index (χ0v) is 8.20. The Balaban J connectivity index is 2.08. The fourth-order valence-corrected chi connectivity index (χ4v) is 2.99. The molecule has 2 aliphatic rings. The third kappa shape index (κ3) is 1.49. The Labute approximate surface area is 79.3 Å². The number of fused-ring (bicyclic) bond motifs is 2. The zero-order chi connectivity index (χ0) is 9.47. The van der Waals surface area contributed by atoms with Crippen LogP contribution in [-0.4, -0.2) is 30.0 Å². The van der Waals surface area contributed by atoms with Crippen molar-refractivity contribution in [3.63, 3.8) is 0 Å². The fraction of sp³-hybridized carbons (Fsp3) is 1.00. The molecule has 2 saturated heterocycles. The highest BCUT2D eigenvalue weighted by atomic mass is 16.5. The Bertz CT molecular complexity index is 195. The van der Waals surface area contributed by atoms with Gasteiger partial charge in [0.15, 0.2) is 0 Å². The number of aliphatic hydroxyl groups excluding tert-OH is 1. The van der Waals surface area contributed by atoms with Crippen LogP contribution in [0, 0.1) is 5.41 Å². The van der Waals surface area contributed by atoms with Gasteiger partial charge in [-0.15, -0.1) is 0 Å². The summed E-state index contributed by atoms with van der Waals surface area (Å²) in [5.74, 6) is 0. The summed E-state index contributed by atoms with van der Waals surface area (Å²) in [6, 6.07) is 0. The van der Waals surface area contributed by atoms with E-state index in [0.29, 0.717) is 18.8 Å². The number of aliphatic hydroxyl groups is 1. The highest BCUT2D eigenvalue weighted by Crippen LogP contribution is 2.49. The van der Waals surface area contributed by atoms with E-state index in [0.717, 1.165) is 19.3 Å². The summed E-state index contributed by atoms with van der Waals surface area (Å²) in [5.41, 5.74) is 5.89. The molecule has 2 aliphatic heterocycles. The Hall–Kier alpha value is -0.120. The van der Waals surface area contributed by atoms with E-state index in [9.17, 15) is 5.11 Å². The molecule has 0 radical (unpaired) electrons. The van der Waals surface area contributed by atoms with E-state index in [2.05, 4.69) is 0 Å². The van der Waals surface area contributed by atoms with Crippen molar-refractivity contribution in [1.29, 1.82) is 0 Å². The molecule has 0 spiro atoms. The van der Waals surface area contributed by atoms with Crippen LogP contribution in [0.25, 0.3) is 0 Å². The molecule has 3 heteroatoms. The molecule has 2 rings (SSSR count). The van der Waals surface area contributed by atoms with Gasteiger partial charge < -0.3 is 15.6 Å². The van der Waals surface area contributed by atoms with Gasteiger partial charge in [0.05, 0.1) is 18.3 Å². The van der Waals surface area contributed by atoms with Gasteiger partial charge in [0.25, 0.3) is 0 Å². The molecule has 3 N–H and O–H groups in total. The minimum atomic E-state index is -0.258. The second kappa shape index (κ2) is 3.23. The number of rotatable bonds is 3. The Morgan fingerprint density at radius 3 is 2.77 bits per heavy atom. The molecule has 2 bridgehead atoms. The quantitative estimate of drug-likeness (QED) is 0.679. The average molecular weight is 185 g/mol. The monoisotopic (exact) mass is 185 g/mol. The second-order valence-corrected chi connectivity index (χ2v) is 4.65. The van der Waals surface area contributed by atoms with E-state index in [1.54, 1.807) is 0 Å². The molecule has 0 aromatic carbocycles. The first-order chi connectivity index (χ1) is 6.16. The van der Waals surface area contributed by atoms with Crippen molar-refractivity contribution in [2.24, 2.45) is 11.1 Å². The SMILES string of the molecule is CC(O)CC1(CN)CC2CCC1O2. The van der Waals surface area contributed by atoms with Crippen molar-refractivity contribution in [2.45, 2.75) is 50.9 Å². The van der Waals surface area contributed by atoms with Crippen LogP contribution < -0.4 is 5.73 Å². The first kappa shape index (κ1) is 9.44. The van der Waals surface area contributed by atoms with Crippen molar-refractivity contribution in [1.82, 2.24) is 0 Å². The minimum absolute atomic E-state index is 0.0804. The van der Waals surface area contributed by atoms with Crippen molar-refractivity contribution in [3.05, 3.63) is 0 Å². The molecule has 2 fully saturated rings. The Morgan fingerprint density at radius 2 is 2.38 bits per heavy atom. The van der Waals surface area contributed by atoms with Gasteiger partial charge >= 0.3 is 0 Å². The van der Waals surface area contributed by atoms with Gasteiger partial charge in [-0.3, -0.25) is 0 Å². The number of ether oxygens (including phenoxy) is 1. The topological polar surface area (TPSA) is 55.5 Å². The molecule has 0 aromatic rings. The van der Waals surface area contributed by atoms with Gasteiger partial charge in [-0.05, 0) is 32.6 Å². The molecule has 4 atom stereocenters. The van der Waals surface area contributed by atoms with Crippen LogP contribution in [0.4, 0.5) is 0 Å². The largest absolute Gasteiger partial charge is 0.393 e. The predicted molar refractivity (Wildman–Crippen MR) is 50.3 cm³/mol. The lowest BCUT2D eigenvalue weighted by Gasteiger charge is -2.35. The molecule has 0 aliphatic carbocycles. The average Bonchev–Trinajstić information content (AvgIpc) is 2.62. The van der Waals surface area contributed by atoms with Crippen LogP contribution in [0.15, 0.2) is 0 Å². The number of hydrogen-bond donors (Lipinski definition) is 2. The highest BCUT2D eigenvalue weighted by Gasteiger charge is 2.51. The maximum atomic E-state index is 9.43. The summed E-state index contributed by atoms with van der Waals surface area (Å²) in [5, 5.41) is 9.43. The number of nitrogens with two attached hydrogens (primary N) is 1. The summed E-state index contributed by atoms with van der Waals surface area (Å²) < 4.78 is 5.79. The first-order valence-electron chi connectivity index (χ1n) is 5.20. The Morgan fingerprint density at radius 1 is 1.62 bits per heavy atom. The van der Waals surface area contributed by atoms with Crippen molar-refractivity contribution >= 4 is 0 Å². The zero-order valence-electron chi connectivity index (χ0n) is 8.20. The molecule has 2 heterocycles. The fourth-order valence-electron chi connectivity index (χ4n) is 2.99. The second-order valence-electron chi connectivity index (χ2n) is 4.65. The first-order valence-corrected chi connectivity index (χ1v) is 5.20. The van der Waals surface area contributed by atoms with Crippen LogP contribution in [0.1, 0.15) is 32.6 Å². The van der Waals surface area contributed by atoms with E-state index in [1.165, 1.54) is 6.42 Å². The van der Waals surface area contributed by atoms with E-state index in [-0.39, 0.29) is 11.5 Å². The van der Waals surface area contributed by atoms with E-state index < -0.39 is 0 Å². The van der Waals surface area contributed by atoms with E-state index in [4.69, 9.17) is 10.5 Å². The molecular formula is C10H19NO2. The highest BCUT2D eigenvalue weighted by molar-refractivity contribution is 5.01. The lowest BCUT2D eigenvalue weighted by atomic mass is 9.70. The summed E-state index contributed by atoms with van der Waals surface area (Å²) in [6.07, 6.45) is 4.65. The van der Waals surface area contributed by atoms with Crippen LogP contribution in [0.3, 0.4) is 0 Å². The molecule has 3 nitrogen and oxygen atoms in total. The van der Waals surface area contributed by atoms with Gasteiger partial charge in [-0.25, -0.2) is 0 Å². The molecule has 0 amide bonds. The standard InChI is InChI=1S/C10H19NO2/c1-7(12)4-10(6-11)5-8-2-3-9(10)13-8/h7-9,12H,2-6,11H2,1H3. The summed E-state index contributed by atoms with van der Waals surface area (Å²) in [4.78, 5) is 0. The van der Waals surface area contributed by atoms with Crippen LogP contribution >= 0.6 is 0 Å². The van der Waals surface area contributed by atoms with E-state index >= 15 is 0 Å². The van der Waals surface area contributed by atoms with Crippen molar-refractivity contribution < 1.29 is 9.84 Å². The lowest BCUT2D eigenvalue weighted by Crippen LogP contribution is -2.41. The van der Waals surface area contributed by atoms with Gasteiger partial charge in [-0.2, -0.15) is 0 Å². The number of hydrogen-bond acceptors (Lipinski definition) is 3. The van der Waals surface area contributed by atoms with Crippen molar-refractivity contribution in [2.75, 3.05) is 6.54 Å². The molecule has 0 saturated carbocycles. The molecule has 76 valence electrons. The van der Waals surface area contributed by atoms with Gasteiger partial charge in [0, 0.05) is 12.0 Å². The van der Waals surface area contributed by atoms with Crippen LogP contribution in [-0.2, 0) is 4.74 Å². The molecule has 4 unspecified atom stereocenters. The normalized spacial score (nSPS) is 45.5. The third-order valence-electron chi connectivity index (χ3n) is 3.53. The third-order valence-corrected chi connectivity index (χ3v) is 3.53. The maximum Gasteiger partial charge on any atom is 0.0650 e. The molecule has 0 aromatic heterocycles. The van der Waals surface area contributed by atoms with Gasteiger partial charge in [-0.1, -0.05) is 0 Å². The predicted octanol–water partition coefficient (Wildman–Crippen LogP) is 0.654. The lowest BCUT2D eigenvalue weighted by molar-refractivity contribution is 0.0346. The van der Waals surface area contributed by atoms with E-state index in [1.807, 2.05) is 6.92 Å². The smallest absolute Gasteiger partial charge is 0.0650 e. The summed E-state index contributed by atoms with van der Waals surface area (Å²) >= 11 is 0.